The second-order valence-electron chi connectivity index (χ2n) is 3.99. The van der Waals surface area contributed by atoms with Gasteiger partial charge in [-0.1, -0.05) is 12.1 Å². The van der Waals surface area contributed by atoms with Crippen molar-refractivity contribution in [2.24, 2.45) is 7.05 Å². The number of carbonyl (C=O) groups excluding carboxylic acids is 1. The molecule has 0 saturated carbocycles. The van der Waals surface area contributed by atoms with Gasteiger partial charge in [0.2, 0.25) is 0 Å². The average molecular weight is 261 g/mol. The molecule has 0 aliphatic carbocycles. The van der Waals surface area contributed by atoms with Gasteiger partial charge in [-0.3, -0.25) is 9.59 Å². The van der Waals surface area contributed by atoms with Crippen LogP contribution in [0.4, 0.5) is 4.39 Å². The van der Waals surface area contributed by atoms with Crippen LogP contribution in [0, 0.1) is 5.82 Å². The van der Waals surface area contributed by atoms with Crippen molar-refractivity contribution in [3.8, 4) is 0 Å². The smallest absolute Gasteiger partial charge is 0.271 e. The Morgan fingerprint density at radius 3 is 2.58 bits per heavy atom. The number of aromatic nitrogens is 2. The zero-order valence-corrected chi connectivity index (χ0v) is 10.3. The number of hydrogen-bond donors (Lipinski definition) is 1. The van der Waals surface area contributed by atoms with Crippen molar-refractivity contribution >= 4 is 5.91 Å². The molecule has 0 atom stereocenters. The molecule has 0 saturated heterocycles. The van der Waals surface area contributed by atoms with Crippen molar-refractivity contribution in [2.75, 3.05) is 0 Å². The van der Waals surface area contributed by atoms with E-state index in [2.05, 4.69) is 10.4 Å². The molecule has 0 radical (unpaired) electrons. The zero-order chi connectivity index (χ0) is 13.8. The molecule has 0 bridgehead atoms. The number of amides is 1. The molecule has 5 nitrogen and oxygen atoms in total. The Morgan fingerprint density at radius 1 is 1.26 bits per heavy atom. The lowest BCUT2D eigenvalue weighted by molar-refractivity contribution is 0.0943. The number of benzene rings is 1. The van der Waals surface area contributed by atoms with Crippen LogP contribution < -0.4 is 10.9 Å². The van der Waals surface area contributed by atoms with Crippen LogP contribution in [0.3, 0.4) is 0 Å². The Morgan fingerprint density at radius 2 is 1.95 bits per heavy atom. The van der Waals surface area contributed by atoms with Gasteiger partial charge in [0.15, 0.2) is 0 Å². The van der Waals surface area contributed by atoms with E-state index in [0.717, 1.165) is 10.2 Å². The molecule has 0 aliphatic heterocycles. The Kier molecular flexibility index (Phi) is 3.70. The van der Waals surface area contributed by atoms with Gasteiger partial charge >= 0.3 is 0 Å². The van der Waals surface area contributed by atoms with E-state index in [1.165, 1.54) is 31.3 Å². The maximum atomic E-state index is 12.7. The van der Waals surface area contributed by atoms with Crippen LogP contribution in [0.2, 0.25) is 0 Å². The van der Waals surface area contributed by atoms with Gasteiger partial charge in [-0.05, 0) is 23.8 Å². The Hall–Kier alpha value is -2.50. The molecule has 1 heterocycles. The first-order chi connectivity index (χ1) is 9.06. The fourth-order valence-electron chi connectivity index (χ4n) is 1.50. The summed E-state index contributed by atoms with van der Waals surface area (Å²) in [7, 11) is 1.47. The van der Waals surface area contributed by atoms with Gasteiger partial charge in [-0.2, -0.15) is 5.10 Å². The largest absolute Gasteiger partial charge is 0.347 e. The first kappa shape index (κ1) is 12.9. The van der Waals surface area contributed by atoms with E-state index in [1.54, 1.807) is 12.1 Å². The summed E-state index contributed by atoms with van der Waals surface area (Å²) in [6.45, 7) is 0.267. The highest BCUT2D eigenvalue weighted by atomic mass is 19.1. The molecule has 98 valence electrons. The molecule has 6 heteroatoms. The molecule has 1 aromatic heterocycles. The minimum absolute atomic E-state index is 0.157. The van der Waals surface area contributed by atoms with Crippen molar-refractivity contribution < 1.29 is 9.18 Å². The quantitative estimate of drug-likeness (QED) is 0.890. The fourth-order valence-corrected chi connectivity index (χ4v) is 1.50. The first-order valence-electron chi connectivity index (χ1n) is 5.63. The summed E-state index contributed by atoms with van der Waals surface area (Å²) >= 11 is 0. The summed E-state index contributed by atoms with van der Waals surface area (Å²) < 4.78 is 13.8. The highest BCUT2D eigenvalue weighted by Gasteiger charge is 2.08. The molecule has 2 rings (SSSR count). The summed E-state index contributed by atoms with van der Waals surface area (Å²) in [6.07, 6.45) is 0. The first-order valence-corrected chi connectivity index (χ1v) is 5.63. The summed E-state index contributed by atoms with van der Waals surface area (Å²) in [5, 5.41) is 6.47. The molecule has 1 N–H and O–H groups in total. The number of nitrogens with zero attached hydrogens (tertiary/aromatic N) is 2. The van der Waals surface area contributed by atoms with E-state index in [4.69, 9.17) is 0 Å². The second-order valence-corrected chi connectivity index (χ2v) is 3.99. The van der Waals surface area contributed by atoms with Crippen molar-refractivity contribution in [1.82, 2.24) is 15.1 Å². The molecule has 1 aromatic carbocycles. The number of nitrogens with one attached hydrogen (secondary N) is 1. The molecular formula is C13H12FN3O2. The van der Waals surface area contributed by atoms with Gasteiger partial charge in [0.1, 0.15) is 11.5 Å². The molecule has 2 aromatic rings. The highest BCUT2D eigenvalue weighted by Crippen LogP contribution is 2.02. The lowest BCUT2D eigenvalue weighted by atomic mass is 10.2. The topological polar surface area (TPSA) is 64.0 Å². The average Bonchev–Trinajstić information content (AvgIpc) is 2.41. The highest BCUT2D eigenvalue weighted by molar-refractivity contribution is 5.91. The van der Waals surface area contributed by atoms with E-state index in [-0.39, 0.29) is 29.5 Å². The fraction of sp³-hybridized carbons (Fsp3) is 0.154. The molecule has 0 unspecified atom stereocenters. The third kappa shape index (κ3) is 3.25. The van der Waals surface area contributed by atoms with Crippen LogP contribution in [-0.2, 0) is 13.6 Å². The standard InChI is InChI=1S/C13H12FN3O2/c1-17-12(18)7-6-11(16-17)13(19)15-8-9-2-4-10(14)5-3-9/h2-7H,8H2,1H3,(H,15,19). The van der Waals surface area contributed by atoms with Crippen molar-refractivity contribution in [1.29, 1.82) is 0 Å². The summed E-state index contributed by atoms with van der Waals surface area (Å²) in [5.41, 5.74) is 0.652. The molecule has 1 amide bonds. The van der Waals surface area contributed by atoms with Gasteiger partial charge in [0.25, 0.3) is 11.5 Å². The SMILES string of the molecule is Cn1nc(C(=O)NCc2ccc(F)cc2)ccc1=O. The van der Waals surface area contributed by atoms with Crippen molar-refractivity contribution in [2.45, 2.75) is 6.54 Å². The number of carbonyl (C=O) groups is 1. The number of aryl methyl sites for hydroxylation is 1. The molecular weight excluding hydrogens is 249 g/mol. The Labute approximate surface area is 108 Å². The minimum Gasteiger partial charge on any atom is -0.347 e. The third-order valence-electron chi connectivity index (χ3n) is 2.56. The van der Waals surface area contributed by atoms with Crippen LogP contribution in [0.5, 0.6) is 0 Å². The van der Waals surface area contributed by atoms with Crippen LogP contribution in [0.15, 0.2) is 41.2 Å². The maximum absolute atomic E-state index is 12.7. The summed E-state index contributed by atoms with van der Waals surface area (Å²) in [6, 6.07) is 8.47. The third-order valence-corrected chi connectivity index (χ3v) is 2.56. The normalized spacial score (nSPS) is 10.2. The van der Waals surface area contributed by atoms with Crippen LogP contribution in [0.25, 0.3) is 0 Å². The van der Waals surface area contributed by atoms with Crippen molar-refractivity contribution in [3.05, 3.63) is 63.8 Å². The molecule has 0 aliphatic rings. The maximum Gasteiger partial charge on any atom is 0.271 e. The van der Waals surface area contributed by atoms with Gasteiger partial charge in [-0.25, -0.2) is 9.07 Å². The summed E-state index contributed by atoms with van der Waals surface area (Å²) in [5.74, 6) is -0.713. The molecule has 0 spiro atoms. The zero-order valence-electron chi connectivity index (χ0n) is 10.3. The Balaban J connectivity index is 2.03. The van der Waals surface area contributed by atoms with E-state index < -0.39 is 0 Å². The number of rotatable bonds is 3. The van der Waals surface area contributed by atoms with Gasteiger partial charge < -0.3 is 5.32 Å². The number of halogens is 1. The lowest BCUT2D eigenvalue weighted by Gasteiger charge is -2.05. The summed E-state index contributed by atoms with van der Waals surface area (Å²) in [4.78, 5) is 22.9. The number of hydrogen-bond acceptors (Lipinski definition) is 3. The van der Waals surface area contributed by atoms with E-state index >= 15 is 0 Å². The predicted octanol–water partition coefficient (Wildman–Crippen LogP) is 0.849. The molecule has 19 heavy (non-hydrogen) atoms. The Bertz CT molecular complexity index is 650. The van der Waals surface area contributed by atoms with Crippen LogP contribution >= 0.6 is 0 Å². The van der Waals surface area contributed by atoms with E-state index in [0.29, 0.717) is 0 Å². The second kappa shape index (κ2) is 5.43. The monoisotopic (exact) mass is 261 g/mol. The van der Waals surface area contributed by atoms with E-state index in [9.17, 15) is 14.0 Å². The minimum atomic E-state index is -0.389. The van der Waals surface area contributed by atoms with Crippen LogP contribution in [-0.4, -0.2) is 15.7 Å². The van der Waals surface area contributed by atoms with Gasteiger partial charge in [0, 0.05) is 19.7 Å². The van der Waals surface area contributed by atoms with E-state index in [1.807, 2.05) is 0 Å². The van der Waals surface area contributed by atoms with Gasteiger partial charge in [-0.15, -0.1) is 0 Å². The van der Waals surface area contributed by atoms with Crippen LogP contribution in [0.1, 0.15) is 16.1 Å². The lowest BCUT2D eigenvalue weighted by Crippen LogP contribution is -2.28. The van der Waals surface area contributed by atoms with Gasteiger partial charge in [0.05, 0.1) is 0 Å². The van der Waals surface area contributed by atoms with Crippen molar-refractivity contribution in [3.63, 3.8) is 0 Å². The predicted molar refractivity (Wildman–Crippen MR) is 67.0 cm³/mol. The molecule has 0 fully saturated rings.